The van der Waals surface area contributed by atoms with Gasteiger partial charge in [0.1, 0.15) is 19.3 Å². The number of rotatable bonds is 7. The fraction of sp³-hybridized carbons (Fsp3) is 0.889. The van der Waals surface area contributed by atoms with Gasteiger partial charge in [-0.3, -0.25) is 0 Å². The van der Waals surface area contributed by atoms with Crippen molar-refractivity contribution in [1.29, 1.82) is 0 Å². The maximum atomic E-state index is 11.8. The Hall–Kier alpha value is -0.680. The van der Waals surface area contributed by atoms with E-state index < -0.39 is 18.7 Å². The molecule has 0 saturated heterocycles. The molecule has 0 radical (unpaired) electrons. The number of halogens is 1. The van der Waals surface area contributed by atoms with Crippen molar-refractivity contribution in [3.63, 3.8) is 0 Å². The minimum Gasteiger partial charge on any atom is -0.550 e. The summed E-state index contributed by atoms with van der Waals surface area (Å²) in [6.45, 7) is -0.132. The molecule has 0 saturated carbocycles. The molecule has 0 aliphatic heterocycles. The molecule has 0 aromatic rings. The average molecular weight is 207 g/mol. The van der Waals surface area contributed by atoms with Gasteiger partial charge < -0.3 is 19.1 Å². The predicted molar refractivity (Wildman–Crippen MR) is 48.2 cm³/mol. The Kier molecular flexibility index (Phi) is 5.64. The molecule has 0 rings (SSSR count). The van der Waals surface area contributed by atoms with Gasteiger partial charge in [-0.25, -0.2) is 4.39 Å². The molecular weight excluding hydrogens is 189 g/mol. The fourth-order valence-corrected chi connectivity index (χ4v) is 1.18. The minimum atomic E-state index is -1.16. The minimum absolute atomic E-state index is 0.0576. The highest BCUT2D eigenvalue weighted by atomic mass is 19.1. The van der Waals surface area contributed by atoms with Crippen LogP contribution in [-0.2, 0) is 9.53 Å². The number of alkyl halides is 1. The van der Waals surface area contributed by atoms with Gasteiger partial charge in [-0.2, -0.15) is 0 Å². The Labute approximate surface area is 83.9 Å². The molecule has 0 aliphatic rings. The Bertz CT molecular complexity index is 179. The van der Waals surface area contributed by atoms with Crippen molar-refractivity contribution in [3.05, 3.63) is 0 Å². The van der Waals surface area contributed by atoms with Crippen LogP contribution < -0.4 is 5.11 Å². The number of carboxylic acids is 1. The zero-order valence-corrected chi connectivity index (χ0v) is 8.96. The van der Waals surface area contributed by atoms with Gasteiger partial charge in [-0.05, 0) is 0 Å². The van der Waals surface area contributed by atoms with E-state index in [0.29, 0.717) is 11.0 Å². The van der Waals surface area contributed by atoms with Gasteiger partial charge in [0.25, 0.3) is 0 Å². The van der Waals surface area contributed by atoms with Crippen LogP contribution in [0.15, 0.2) is 0 Å². The molecule has 0 aromatic heterocycles. The molecule has 0 amide bonds. The van der Waals surface area contributed by atoms with Crippen molar-refractivity contribution in [3.8, 4) is 0 Å². The molecule has 0 N–H and O–H groups in total. The van der Waals surface area contributed by atoms with Crippen LogP contribution in [0.1, 0.15) is 6.42 Å². The van der Waals surface area contributed by atoms with Crippen LogP contribution in [0.3, 0.4) is 0 Å². The molecule has 0 bridgehead atoms. The second kappa shape index (κ2) is 5.93. The van der Waals surface area contributed by atoms with Gasteiger partial charge in [0.2, 0.25) is 0 Å². The molecule has 5 heteroatoms. The van der Waals surface area contributed by atoms with Gasteiger partial charge in [0.15, 0.2) is 0 Å². The van der Waals surface area contributed by atoms with Gasteiger partial charge >= 0.3 is 0 Å². The summed E-state index contributed by atoms with van der Waals surface area (Å²) in [6, 6.07) is 0. The topological polar surface area (TPSA) is 49.4 Å². The number of hydrogen-bond acceptors (Lipinski definition) is 3. The van der Waals surface area contributed by atoms with Crippen LogP contribution in [0.4, 0.5) is 4.39 Å². The first-order valence-corrected chi connectivity index (χ1v) is 4.53. The zero-order valence-electron chi connectivity index (χ0n) is 8.96. The molecule has 84 valence electrons. The third kappa shape index (κ3) is 7.94. The van der Waals surface area contributed by atoms with Crippen molar-refractivity contribution >= 4 is 5.97 Å². The van der Waals surface area contributed by atoms with Gasteiger partial charge in [-0.1, -0.05) is 0 Å². The van der Waals surface area contributed by atoms with Crippen LogP contribution >= 0.6 is 0 Å². The molecule has 0 fully saturated rings. The summed E-state index contributed by atoms with van der Waals surface area (Å²) in [5, 5.41) is 10.4. The maximum absolute atomic E-state index is 11.8. The van der Waals surface area contributed by atoms with E-state index in [1.165, 1.54) is 0 Å². The number of carbonyl (C=O) groups excluding carboxylic acids is 1. The Morgan fingerprint density at radius 2 is 2.07 bits per heavy atom. The number of likely N-dealkylation sites (N-methyl/N-ethyl adjacent to an activating group) is 1. The number of nitrogens with zero attached hydrogens (tertiary/aromatic N) is 1. The van der Waals surface area contributed by atoms with Crippen LogP contribution in [0.5, 0.6) is 0 Å². The highest BCUT2D eigenvalue weighted by Crippen LogP contribution is 2.04. The third-order valence-electron chi connectivity index (χ3n) is 1.58. The van der Waals surface area contributed by atoms with Crippen LogP contribution in [0.25, 0.3) is 0 Å². The van der Waals surface area contributed by atoms with Gasteiger partial charge in [-0.15, -0.1) is 0 Å². The first-order chi connectivity index (χ1) is 6.35. The second-order valence-electron chi connectivity index (χ2n) is 4.23. The first kappa shape index (κ1) is 13.3. The highest BCUT2D eigenvalue weighted by Gasteiger charge is 2.18. The van der Waals surface area contributed by atoms with E-state index in [1.54, 1.807) is 0 Å². The van der Waals surface area contributed by atoms with Crippen LogP contribution in [0, 0.1) is 0 Å². The van der Waals surface area contributed by atoms with Gasteiger partial charge in [0, 0.05) is 12.4 Å². The smallest absolute Gasteiger partial charge is 0.113 e. The van der Waals surface area contributed by atoms with Gasteiger partial charge in [0.05, 0.1) is 27.7 Å². The number of carboxylic acid groups (broad SMARTS) is 1. The molecule has 0 heterocycles. The number of quaternary nitrogens is 1. The number of ether oxygens (including phenoxy) is 1. The Morgan fingerprint density at radius 1 is 1.50 bits per heavy atom. The Morgan fingerprint density at radius 3 is 2.43 bits per heavy atom. The van der Waals surface area contributed by atoms with E-state index >= 15 is 0 Å². The SMILES string of the molecule is C[N+](C)(C)CC(CC(=O)[O-])OCCF. The molecule has 1 atom stereocenters. The molecular formula is C9H18FNO3. The molecule has 4 nitrogen and oxygen atoms in total. The monoisotopic (exact) mass is 207 g/mol. The number of hydrogen-bond donors (Lipinski definition) is 0. The number of aliphatic carboxylic acids is 1. The lowest BCUT2D eigenvalue weighted by molar-refractivity contribution is -0.873. The third-order valence-corrected chi connectivity index (χ3v) is 1.58. The maximum Gasteiger partial charge on any atom is 0.113 e. The largest absolute Gasteiger partial charge is 0.550 e. The summed E-state index contributed by atoms with van der Waals surface area (Å²) in [6.07, 6.45) is -0.661. The van der Waals surface area contributed by atoms with Crippen molar-refractivity contribution in [2.24, 2.45) is 0 Å². The summed E-state index contributed by atoms with van der Waals surface area (Å²) in [7, 11) is 5.75. The average Bonchev–Trinajstić information content (AvgIpc) is 1.96. The predicted octanol–water partition coefficient (Wildman–Crippen LogP) is -0.813. The van der Waals surface area contributed by atoms with Crippen molar-refractivity contribution in [1.82, 2.24) is 0 Å². The summed E-state index contributed by atoms with van der Waals surface area (Å²) in [4.78, 5) is 10.4. The van der Waals surface area contributed by atoms with Crippen molar-refractivity contribution in [2.75, 3.05) is 41.0 Å². The quantitative estimate of drug-likeness (QED) is 0.513. The lowest BCUT2D eigenvalue weighted by Gasteiger charge is -2.29. The fourth-order valence-electron chi connectivity index (χ4n) is 1.18. The molecule has 0 aromatic carbocycles. The number of carbonyl (C=O) groups is 1. The zero-order chi connectivity index (χ0) is 11.2. The second-order valence-corrected chi connectivity index (χ2v) is 4.23. The van der Waals surface area contributed by atoms with E-state index in [4.69, 9.17) is 4.74 Å². The molecule has 1 unspecified atom stereocenters. The molecule has 0 spiro atoms. The van der Waals surface area contributed by atoms with Crippen molar-refractivity contribution in [2.45, 2.75) is 12.5 Å². The lowest BCUT2D eigenvalue weighted by Crippen LogP contribution is -2.44. The molecule has 14 heavy (non-hydrogen) atoms. The van der Waals surface area contributed by atoms with E-state index in [1.807, 2.05) is 21.1 Å². The summed E-state index contributed by atoms with van der Waals surface area (Å²) < 4.78 is 17.5. The van der Waals surface area contributed by atoms with Crippen LogP contribution in [-0.4, -0.2) is 57.5 Å². The standard InChI is InChI=1S/C9H18FNO3/c1-11(2,3)7-8(6-9(12)13)14-5-4-10/h8H,4-7H2,1-3H3. The van der Waals surface area contributed by atoms with E-state index in [2.05, 4.69) is 0 Å². The van der Waals surface area contributed by atoms with E-state index in [0.717, 1.165) is 0 Å². The summed E-state index contributed by atoms with van der Waals surface area (Å²) in [5.74, 6) is -1.16. The summed E-state index contributed by atoms with van der Waals surface area (Å²) in [5.41, 5.74) is 0. The first-order valence-electron chi connectivity index (χ1n) is 4.53. The van der Waals surface area contributed by atoms with E-state index in [-0.39, 0.29) is 13.0 Å². The molecule has 0 aliphatic carbocycles. The van der Waals surface area contributed by atoms with E-state index in [9.17, 15) is 14.3 Å². The Balaban J connectivity index is 4.03. The normalized spacial score (nSPS) is 14.0. The van der Waals surface area contributed by atoms with Crippen LogP contribution in [0.2, 0.25) is 0 Å². The lowest BCUT2D eigenvalue weighted by atomic mass is 10.2. The van der Waals surface area contributed by atoms with Crippen molar-refractivity contribution < 1.29 is 23.5 Å². The summed E-state index contributed by atoms with van der Waals surface area (Å²) >= 11 is 0. The highest BCUT2D eigenvalue weighted by molar-refractivity contribution is 5.64.